The van der Waals surface area contributed by atoms with Crippen molar-refractivity contribution in [2.45, 2.75) is 20.8 Å². The first-order valence-electron chi connectivity index (χ1n) is 4.89. The van der Waals surface area contributed by atoms with Crippen molar-refractivity contribution in [2.75, 3.05) is 0 Å². The first-order valence-corrected chi connectivity index (χ1v) is 5.27. The number of hydrogen-bond acceptors (Lipinski definition) is 0. The van der Waals surface area contributed by atoms with Gasteiger partial charge in [-0.05, 0) is 24.6 Å². The lowest BCUT2D eigenvalue weighted by atomic mass is 10.2. The topological polar surface area (TPSA) is 4.93 Å². The molecule has 1 nitrogen and oxygen atoms in total. The van der Waals surface area contributed by atoms with Crippen LogP contribution in [0.4, 0.5) is 0 Å². The van der Waals surface area contributed by atoms with Crippen LogP contribution in [-0.2, 0) is 7.05 Å². The smallest absolute Gasteiger partial charge is 0.0495 e. The molecule has 0 N–H and O–H groups in total. The zero-order valence-electron chi connectivity index (χ0n) is 9.13. The molecule has 0 bridgehead atoms. The molecule has 0 unspecified atom stereocenters. The second-order valence-corrected chi connectivity index (χ2v) is 3.52. The number of hydrogen-bond donors (Lipinski definition) is 0. The third-order valence-corrected chi connectivity index (χ3v) is 2.39. The molecule has 1 heterocycles. The van der Waals surface area contributed by atoms with Crippen LogP contribution in [0.25, 0.3) is 10.9 Å². The van der Waals surface area contributed by atoms with Gasteiger partial charge in [-0.1, -0.05) is 31.5 Å². The molecule has 0 saturated heterocycles. The Morgan fingerprint density at radius 2 is 1.86 bits per heavy atom. The molecule has 1 aromatic heterocycles. The summed E-state index contributed by atoms with van der Waals surface area (Å²) in [6.07, 6.45) is 2.11. The Bertz CT molecular complexity index is 429. The summed E-state index contributed by atoms with van der Waals surface area (Å²) in [5.74, 6) is 0. The Hall–Kier alpha value is -0.950. The molecule has 0 amide bonds. The third kappa shape index (κ3) is 1.93. The van der Waals surface area contributed by atoms with Gasteiger partial charge in [-0.15, -0.1) is 0 Å². The Morgan fingerprint density at radius 1 is 1.21 bits per heavy atom. The molecule has 2 heteroatoms. The van der Waals surface area contributed by atoms with E-state index in [1.54, 1.807) is 0 Å². The summed E-state index contributed by atoms with van der Waals surface area (Å²) in [6.45, 7) is 6.11. The van der Waals surface area contributed by atoms with Crippen molar-refractivity contribution in [3.05, 3.63) is 35.0 Å². The van der Waals surface area contributed by atoms with Gasteiger partial charge in [0.15, 0.2) is 0 Å². The molecule has 14 heavy (non-hydrogen) atoms. The van der Waals surface area contributed by atoms with Crippen molar-refractivity contribution < 1.29 is 0 Å². The average molecular weight is 210 g/mol. The maximum absolute atomic E-state index is 5.89. The highest BCUT2D eigenvalue weighted by atomic mass is 35.5. The molecule has 2 aromatic rings. The van der Waals surface area contributed by atoms with Crippen LogP contribution in [0.1, 0.15) is 19.4 Å². The van der Waals surface area contributed by atoms with Crippen molar-refractivity contribution in [1.82, 2.24) is 4.57 Å². The minimum Gasteiger partial charge on any atom is -0.350 e. The van der Waals surface area contributed by atoms with Crippen LogP contribution in [0.3, 0.4) is 0 Å². The predicted octanol–water partition coefficient (Wildman–Crippen LogP) is 4.17. The fourth-order valence-corrected chi connectivity index (χ4v) is 1.73. The second-order valence-electron chi connectivity index (χ2n) is 3.08. The molecule has 0 atom stereocenters. The Balaban J connectivity index is 0.000000461. The number of rotatable bonds is 0. The Kier molecular flexibility index (Phi) is 3.59. The van der Waals surface area contributed by atoms with E-state index in [9.17, 15) is 0 Å². The Morgan fingerprint density at radius 3 is 2.50 bits per heavy atom. The van der Waals surface area contributed by atoms with Crippen molar-refractivity contribution in [3.8, 4) is 0 Å². The summed E-state index contributed by atoms with van der Waals surface area (Å²) >= 11 is 5.89. The second kappa shape index (κ2) is 4.52. The van der Waals surface area contributed by atoms with Gasteiger partial charge in [0.25, 0.3) is 0 Å². The molecule has 0 radical (unpaired) electrons. The van der Waals surface area contributed by atoms with Gasteiger partial charge >= 0.3 is 0 Å². The van der Waals surface area contributed by atoms with E-state index in [0.29, 0.717) is 0 Å². The minimum atomic E-state index is 0.795. The van der Waals surface area contributed by atoms with Crippen molar-refractivity contribution >= 4 is 22.5 Å². The van der Waals surface area contributed by atoms with E-state index in [1.165, 1.54) is 16.5 Å². The summed E-state index contributed by atoms with van der Waals surface area (Å²) in [7, 11) is 2.03. The highest BCUT2D eigenvalue weighted by Crippen LogP contribution is 2.22. The largest absolute Gasteiger partial charge is 0.350 e. The highest BCUT2D eigenvalue weighted by molar-refractivity contribution is 6.31. The van der Waals surface area contributed by atoms with E-state index >= 15 is 0 Å². The molecule has 2 rings (SSSR count). The van der Waals surface area contributed by atoms with Crippen LogP contribution in [0.15, 0.2) is 24.4 Å². The number of fused-ring (bicyclic) bond motifs is 1. The fourth-order valence-electron chi connectivity index (χ4n) is 1.56. The average Bonchev–Trinajstić information content (AvgIpc) is 2.46. The lowest BCUT2D eigenvalue weighted by molar-refractivity contribution is 0.964. The normalized spacial score (nSPS) is 9.79. The Labute approximate surface area is 90.3 Å². The van der Waals surface area contributed by atoms with Gasteiger partial charge in [0.05, 0.1) is 0 Å². The van der Waals surface area contributed by atoms with E-state index in [0.717, 1.165) is 5.02 Å². The van der Waals surface area contributed by atoms with Crippen LogP contribution in [0.5, 0.6) is 0 Å². The summed E-state index contributed by atoms with van der Waals surface area (Å²) in [5, 5.41) is 2.07. The molecule has 0 fully saturated rings. The number of halogens is 1. The van der Waals surface area contributed by atoms with E-state index in [-0.39, 0.29) is 0 Å². The van der Waals surface area contributed by atoms with E-state index in [4.69, 9.17) is 11.6 Å². The van der Waals surface area contributed by atoms with Crippen LogP contribution < -0.4 is 0 Å². The van der Waals surface area contributed by atoms with Crippen LogP contribution in [-0.4, -0.2) is 4.57 Å². The van der Waals surface area contributed by atoms with Gasteiger partial charge in [0.1, 0.15) is 0 Å². The first-order chi connectivity index (χ1) is 6.68. The zero-order valence-corrected chi connectivity index (χ0v) is 9.89. The van der Waals surface area contributed by atoms with Crippen molar-refractivity contribution in [1.29, 1.82) is 0 Å². The molecule has 0 saturated carbocycles. The van der Waals surface area contributed by atoms with Gasteiger partial charge in [0.2, 0.25) is 0 Å². The molecule has 0 aliphatic carbocycles. The third-order valence-electron chi connectivity index (χ3n) is 2.15. The lowest BCUT2D eigenvalue weighted by Gasteiger charge is -1.95. The van der Waals surface area contributed by atoms with Gasteiger partial charge in [-0.2, -0.15) is 0 Å². The van der Waals surface area contributed by atoms with E-state index in [1.807, 2.05) is 33.0 Å². The molecular formula is C12H16ClN. The molecule has 76 valence electrons. The summed E-state index contributed by atoms with van der Waals surface area (Å²) in [5.41, 5.74) is 2.49. The van der Waals surface area contributed by atoms with E-state index < -0.39 is 0 Å². The van der Waals surface area contributed by atoms with Crippen LogP contribution >= 0.6 is 11.6 Å². The van der Waals surface area contributed by atoms with Gasteiger partial charge in [0, 0.05) is 29.2 Å². The standard InChI is InChI=1S/C10H10ClN.C2H6/c1-7-6-12(2)10-5-8(11)3-4-9(7)10;1-2/h3-6H,1-2H3;1-2H3. The minimum absolute atomic E-state index is 0.795. The maximum atomic E-state index is 5.89. The van der Waals surface area contributed by atoms with Crippen LogP contribution in [0, 0.1) is 6.92 Å². The summed E-state index contributed by atoms with van der Waals surface area (Å²) in [6, 6.07) is 5.98. The molecule has 0 aliphatic heterocycles. The molecule has 0 aliphatic rings. The lowest BCUT2D eigenvalue weighted by Crippen LogP contribution is -1.82. The van der Waals surface area contributed by atoms with Gasteiger partial charge in [-0.25, -0.2) is 0 Å². The number of aryl methyl sites for hydroxylation is 2. The van der Waals surface area contributed by atoms with Crippen LogP contribution in [0.2, 0.25) is 5.02 Å². The van der Waals surface area contributed by atoms with E-state index in [2.05, 4.69) is 23.8 Å². The number of nitrogens with zero attached hydrogens (tertiary/aromatic N) is 1. The SMILES string of the molecule is CC.Cc1cn(C)c2cc(Cl)ccc12. The van der Waals surface area contributed by atoms with Crippen molar-refractivity contribution in [2.24, 2.45) is 7.05 Å². The number of aromatic nitrogens is 1. The van der Waals surface area contributed by atoms with Crippen molar-refractivity contribution in [3.63, 3.8) is 0 Å². The molecule has 0 spiro atoms. The first kappa shape index (κ1) is 11.1. The molecule has 1 aromatic carbocycles. The quantitative estimate of drug-likeness (QED) is 0.614. The van der Waals surface area contributed by atoms with Gasteiger partial charge in [-0.3, -0.25) is 0 Å². The highest BCUT2D eigenvalue weighted by Gasteiger charge is 2.01. The summed E-state index contributed by atoms with van der Waals surface area (Å²) in [4.78, 5) is 0. The molecular weight excluding hydrogens is 194 g/mol. The summed E-state index contributed by atoms with van der Waals surface area (Å²) < 4.78 is 2.09. The van der Waals surface area contributed by atoms with Gasteiger partial charge < -0.3 is 4.57 Å². The predicted molar refractivity (Wildman–Crippen MR) is 64.0 cm³/mol. The maximum Gasteiger partial charge on any atom is 0.0495 e. The monoisotopic (exact) mass is 209 g/mol. The fraction of sp³-hybridized carbons (Fsp3) is 0.333. The number of benzene rings is 1. The zero-order chi connectivity index (χ0) is 10.7.